The summed E-state index contributed by atoms with van der Waals surface area (Å²) in [5.41, 5.74) is 7.21. The van der Waals surface area contributed by atoms with Gasteiger partial charge in [-0.05, 0) is 24.1 Å². The number of imidazole rings is 1. The average molecular weight is 266 g/mol. The maximum Gasteiger partial charge on any atom is 0.123 e. The molecule has 1 aromatic heterocycles. The van der Waals surface area contributed by atoms with E-state index in [1.165, 1.54) is 5.56 Å². The Bertz CT molecular complexity index is 425. The minimum Gasteiger partial charge on any atom is -0.347 e. The number of rotatable bonds is 3. The minimum atomic E-state index is -0.0747. The lowest BCUT2D eigenvalue weighted by Crippen LogP contribution is -2.14. The molecule has 0 saturated heterocycles. The Kier molecular flexibility index (Phi) is 3.18. The fourth-order valence-corrected chi connectivity index (χ4v) is 1.94. The van der Waals surface area contributed by atoms with Crippen molar-refractivity contribution < 1.29 is 0 Å². The van der Waals surface area contributed by atoms with E-state index in [1.54, 1.807) is 12.4 Å². The van der Waals surface area contributed by atoms with Gasteiger partial charge < -0.3 is 10.7 Å². The molecule has 2 aromatic rings. The van der Waals surface area contributed by atoms with Crippen molar-refractivity contribution in [2.45, 2.75) is 12.5 Å². The van der Waals surface area contributed by atoms with Gasteiger partial charge in [0.05, 0.1) is 6.04 Å². The fourth-order valence-electron chi connectivity index (χ4n) is 1.49. The predicted octanol–water partition coefficient (Wildman–Crippen LogP) is 2.41. The molecular formula is C11H12BrN3. The van der Waals surface area contributed by atoms with Crippen molar-refractivity contribution in [3.05, 3.63) is 52.5 Å². The Morgan fingerprint density at radius 2 is 2.33 bits per heavy atom. The second-order valence-electron chi connectivity index (χ2n) is 3.41. The van der Waals surface area contributed by atoms with Gasteiger partial charge in [-0.3, -0.25) is 0 Å². The van der Waals surface area contributed by atoms with Crippen molar-refractivity contribution in [3.8, 4) is 0 Å². The van der Waals surface area contributed by atoms with Crippen LogP contribution in [0, 0.1) is 0 Å². The molecule has 0 saturated carbocycles. The summed E-state index contributed by atoms with van der Waals surface area (Å²) < 4.78 is 1.08. The zero-order chi connectivity index (χ0) is 10.7. The maximum absolute atomic E-state index is 6.01. The summed E-state index contributed by atoms with van der Waals surface area (Å²) in [6, 6.07) is 8.07. The largest absolute Gasteiger partial charge is 0.347 e. The number of nitrogens with two attached hydrogens (primary N) is 1. The summed E-state index contributed by atoms with van der Waals surface area (Å²) in [6.45, 7) is 0. The van der Waals surface area contributed by atoms with E-state index >= 15 is 0 Å². The van der Waals surface area contributed by atoms with Crippen molar-refractivity contribution in [2.75, 3.05) is 0 Å². The van der Waals surface area contributed by atoms with Gasteiger partial charge in [-0.2, -0.15) is 0 Å². The molecule has 0 spiro atoms. The summed E-state index contributed by atoms with van der Waals surface area (Å²) >= 11 is 3.44. The van der Waals surface area contributed by atoms with Crippen LogP contribution >= 0.6 is 15.9 Å². The third-order valence-electron chi connectivity index (χ3n) is 2.22. The highest BCUT2D eigenvalue weighted by Gasteiger charge is 2.08. The fraction of sp³-hybridized carbons (Fsp3) is 0.182. The first-order chi connectivity index (χ1) is 7.25. The van der Waals surface area contributed by atoms with E-state index in [9.17, 15) is 0 Å². The number of hydrogen-bond acceptors (Lipinski definition) is 2. The zero-order valence-electron chi connectivity index (χ0n) is 8.15. The summed E-state index contributed by atoms with van der Waals surface area (Å²) in [6.07, 6.45) is 4.29. The van der Waals surface area contributed by atoms with Crippen LogP contribution in [0.5, 0.6) is 0 Å². The molecule has 15 heavy (non-hydrogen) atoms. The number of nitrogens with zero attached hydrogens (tertiary/aromatic N) is 1. The predicted molar refractivity (Wildman–Crippen MR) is 63.4 cm³/mol. The molecule has 4 heteroatoms. The molecule has 1 unspecified atom stereocenters. The van der Waals surface area contributed by atoms with E-state index < -0.39 is 0 Å². The van der Waals surface area contributed by atoms with Crippen LogP contribution in [-0.2, 0) is 6.42 Å². The third-order valence-corrected chi connectivity index (χ3v) is 2.71. The topological polar surface area (TPSA) is 54.7 Å². The van der Waals surface area contributed by atoms with Crippen molar-refractivity contribution in [3.63, 3.8) is 0 Å². The van der Waals surface area contributed by atoms with Crippen LogP contribution < -0.4 is 5.73 Å². The molecular weight excluding hydrogens is 254 g/mol. The number of benzene rings is 1. The lowest BCUT2D eigenvalue weighted by molar-refractivity contribution is 0.677. The van der Waals surface area contributed by atoms with Crippen molar-refractivity contribution in [1.29, 1.82) is 0 Å². The van der Waals surface area contributed by atoms with Gasteiger partial charge in [0, 0.05) is 16.9 Å². The summed E-state index contributed by atoms with van der Waals surface area (Å²) in [5, 5.41) is 0. The number of hydrogen-bond donors (Lipinski definition) is 2. The summed E-state index contributed by atoms with van der Waals surface area (Å²) in [5.74, 6) is 0.829. The quantitative estimate of drug-likeness (QED) is 0.896. The number of H-pyrrole nitrogens is 1. The van der Waals surface area contributed by atoms with Gasteiger partial charge >= 0.3 is 0 Å². The highest BCUT2D eigenvalue weighted by molar-refractivity contribution is 9.10. The number of aromatic amines is 1. The second-order valence-corrected chi connectivity index (χ2v) is 4.33. The standard InChI is InChI=1S/C11H12BrN3/c12-9-3-1-2-8(6-9)7-10(13)11-14-4-5-15-11/h1-6,10H,7,13H2,(H,14,15). The Morgan fingerprint density at radius 3 is 3.00 bits per heavy atom. The molecule has 1 atom stereocenters. The van der Waals surface area contributed by atoms with E-state index in [1.807, 2.05) is 12.1 Å². The minimum absolute atomic E-state index is 0.0747. The van der Waals surface area contributed by atoms with Crippen molar-refractivity contribution in [2.24, 2.45) is 5.73 Å². The van der Waals surface area contributed by atoms with E-state index in [-0.39, 0.29) is 6.04 Å². The highest BCUT2D eigenvalue weighted by atomic mass is 79.9. The molecule has 0 bridgehead atoms. The van der Waals surface area contributed by atoms with E-state index in [2.05, 4.69) is 38.0 Å². The highest BCUT2D eigenvalue weighted by Crippen LogP contribution is 2.16. The lowest BCUT2D eigenvalue weighted by atomic mass is 10.1. The van der Waals surface area contributed by atoms with Crippen LogP contribution in [-0.4, -0.2) is 9.97 Å². The average Bonchev–Trinajstić information content (AvgIpc) is 2.70. The number of halogens is 1. The monoisotopic (exact) mass is 265 g/mol. The molecule has 0 aliphatic heterocycles. The van der Waals surface area contributed by atoms with Crippen molar-refractivity contribution in [1.82, 2.24) is 9.97 Å². The van der Waals surface area contributed by atoms with Gasteiger partial charge in [0.15, 0.2) is 0 Å². The van der Waals surface area contributed by atoms with Crippen LogP contribution in [0.15, 0.2) is 41.1 Å². The molecule has 3 nitrogen and oxygen atoms in total. The zero-order valence-corrected chi connectivity index (χ0v) is 9.74. The van der Waals surface area contributed by atoms with Crippen LogP contribution in [0.3, 0.4) is 0 Å². The second kappa shape index (κ2) is 4.59. The van der Waals surface area contributed by atoms with Gasteiger partial charge in [-0.15, -0.1) is 0 Å². The maximum atomic E-state index is 6.01. The van der Waals surface area contributed by atoms with Gasteiger partial charge in [0.1, 0.15) is 5.82 Å². The molecule has 2 rings (SSSR count). The first-order valence-electron chi connectivity index (χ1n) is 4.75. The Morgan fingerprint density at radius 1 is 1.47 bits per heavy atom. The molecule has 0 fully saturated rings. The lowest BCUT2D eigenvalue weighted by Gasteiger charge is -2.08. The van der Waals surface area contributed by atoms with E-state index in [0.29, 0.717) is 0 Å². The van der Waals surface area contributed by atoms with E-state index in [4.69, 9.17) is 5.73 Å². The van der Waals surface area contributed by atoms with Crippen LogP contribution in [0.25, 0.3) is 0 Å². The SMILES string of the molecule is NC(Cc1cccc(Br)c1)c1ncc[nH]1. The first kappa shape index (κ1) is 10.4. The van der Waals surface area contributed by atoms with Crippen molar-refractivity contribution >= 4 is 15.9 Å². The normalized spacial score (nSPS) is 12.7. The van der Waals surface area contributed by atoms with Crippen LogP contribution in [0.1, 0.15) is 17.4 Å². The van der Waals surface area contributed by atoms with Gasteiger partial charge in [0.25, 0.3) is 0 Å². The summed E-state index contributed by atoms with van der Waals surface area (Å²) in [7, 11) is 0. The first-order valence-corrected chi connectivity index (χ1v) is 5.54. The van der Waals surface area contributed by atoms with Gasteiger partial charge in [0.2, 0.25) is 0 Å². The molecule has 0 amide bonds. The number of aromatic nitrogens is 2. The molecule has 1 aromatic carbocycles. The van der Waals surface area contributed by atoms with Gasteiger partial charge in [-0.25, -0.2) is 4.98 Å². The molecule has 78 valence electrons. The Hall–Kier alpha value is -1.13. The van der Waals surface area contributed by atoms with Gasteiger partial charge in [-0.1, -0.05) is 28.1 Å². The third kappa shape index (κ3) is 2.67. The Balaban J connectivity index is 2.09. The number of nitrogens with one attached hydrogen (secondary N) is 1. The Labute approximate surface area is 96.9 Å². The van der Waals surface area contributed by atoms with Crippen LogP contribution in [0.2, 0.25) is 0 Å². The molecule has 0 aliphatic rings. The molecule has 1 heterocycles. The molecule has 0 aliphatic carbocycles. The summed E-state index contributed by atoms with van der Waals surface area (Å²) in [4.78, 5) is 7.17. The molecule has 3 N–H and O–H groups in total. The van der Waals surface area contributed by atoms with E-state index in [0.717, 1.165) is 16.7 Å². The smallest absolute Gasteiger partial charge is 0.123 e. The van der Waals surface area contributed by atoms with Crippen LogP contribution in [0.4, 0.5) is 0 Å². The molecule has 0 radical (unpaired) electrons.